The Bertz CT molecular complexity index is 653. The topological polar surface area (TPSA) is 73.1 Å². The lowest BCUT2D eigenvalue weighted by atomic mass is 10.1. The standard InChI is InChI=1S/C14H17N5O2/c1-3-21-13(20)12-10-9-18(2)8-5-11(10)19(17-12)14-15-6-4-7-16-14/h4,6-7H,3,5,8-9H2,1-2H3. The Morgan fingerprint density at radius 1 is 1.38 bits per heavy atom. The van der Waals surface area contributed by atoms with Crippen LogP contribution in [0.15, 0.2) is 18.5 Å². The van der Waals surface area contributed by atoms with Gasteiger partial charge in [0.2, 0.25) is 0 Å². The van der Waals surface area contributed by atoms with Crippen LogP contribution in [0.2, 0.25) is 0 Å². The predicted octanol–water partition coefficient (Wildman–Crippen LogP) is 0.827. The van der Waals surface area contributed by atoms with E-state index in [1.807, 2.05) is 7.05 Å². The monoisotopic (exact) mass is 287 g/mol. The van der Waals surface area contributed by atoms with Gasteiger partial charge in [-0.1, -0.05) is 0 Å². The van der Waals surface area contributed by atoms with Crippen molar-refractivity contribution in [2.45, 2.75) is 19.9 Å². The van der Waals surface area contributed by atoms with Gasteiger partial charge in [-0.3, -0.25) is 0 Å². The third kappa shape index (κ3) is 2.52. The second-order valence-corrected chi connectivity index (χ2v) is 4.94. The van der Waals surface area contributed by atoms with Crippen LogP contribution in [-0.2, 0) is 17.7 Å². The van der Waals surface area contributed by atoms with E-state index in [9.17, 15) is 4.79 Å². The minimum atomic E-state index is -0.390. The van der Waals surface area contributed by atoms with Crippen molar-refractivity contribution in [2.75, 3.05) is 20.2 Å². The first-order valence-corrected chi connectivity index (χ1v) is 6.94. The normalized spacial score (nSPS) is 14.8. The lowest BCUT2D eigenvalue weighted by Gasteiger charge is -2.23. The molecule has 3 rings (SSSR count). The number of aromatic nitrogens is 4. The van der Waals surface area contributed by atoms with E-state index >= 15 is 0 Å². The Labute approximate surface area is 122 Å². The number of nitrogens with zero attached hydrogens (tertiary/aromatic N) is 5. The van der Waals surface area contributed by atoms with Gasteiger partial charge >= 0.3 is 5.97 Å². The van der Waals surface area contributed by atoms with Crippen LogP contribution >= 0.6 is 0 Å². The van der Waals surface area contributed by atoms with Crippen LogP contribution < -0.4 is 0 Å². The molecule has 0 atom stereocenters. The van der Waals surface area contributed by atoms with Gasteiger partial charge in [0, 0.05) is 37.5 Å². The molecule has 110 valence electrons. The first-order valence-electron chi connectivity index (χ1n) is 6.94. The van der Waals surface area contributed by atoms with Crippen molar-refractivity contribution >= 4 is 5.97 Å². The van der Waals surface area contributed by atoms with E-state index < -0.39 is 5.97 Å². The lowest BCUT2D eigenvalue weighted by molar-refractivity contribution is 0.0516. The number of carbonyl (C=O) groups excluding carboxylic acids is 1. The first-order chi connectivity index (χ1) is 10.2. The van der Waals surface area contributed by atoms with E-state index in [2.05, 4.69) is 20.0 Å². The summed E-state index contributed by atoms with van der Waals surface area (Å²) in [7, 11) is 2.02. The van der Waals surface area contributed by atoms with E-state index in [1.54, 1.807) is 30.1 Å². The molecule has 0 bridgehead atoms. The highest BCUT2D eigenvalue weighted by atomic mass is 16.5. The minimum absolute atomic E-state index is 0.331. The molecule has 0 N–H and O–H groups in total. The van der Waals surface area contributed by atoms with Crippen LogP contribution in [-0.4, -0.2) is 50.8 Å². The van der Waals surface area contributed by atoms with Gasteiger partial charge in [-0.25, -0.2) is 19.4 Å². The van der Waals surface area contributed by atoms with Crippen molar-refractivity contribution in [3.63, 3.8) is 0 Å². The number of hydrogen-bond acceptors (Lipinski definition) is 6. The highest BCUT2D eigenvalue weighted by molar-refractivity contribution is 5.89. The van der Waals surface area contributed by atoms with Crippen molar-refractivity contribution in [3.05, 3.63) is 35.4 Å². The van der Waals surface area contributed by atoms with Crippen molar-refractivity contribution in [1.29, 1.82) is 0 Å². The van der Waals surface area contributed by atoms with Gasteiger partial charge in [0.05, 0.1) is 12.3 Å². The van der Waals surface area contributed by atoms with E-state index in [0.29, 0.717) is 24.8 Å². The Morgan fingerprint density at radius 3 is 2.86 bits per heavy atom. The number of fused-ring (bicyclic) bond motifs is 1. The molecule has 0 saturated carbocycles. The van der Waals surface area contributed by atoms with E-state index in [-0.39, 0.29) is 0 Å². The molecule has 0 unspecified atom stereocenters. The molecule has 0 spiro atoms. The van der Waals surface area contributed by atoms with Crippen LogP contribution in [0.1, 0.15) is 28.7 Å². The Hall–Kier alpha value is -2.28. The zero-order valence-electron chi connectivity index (χ0n) is 12.1. The quantitative estimate of drug-likeness (QED) is 0.778. The third-order valence-corrected chi connectivity index (χ3v) is 3.46. The summed E-state index contributed by atoms with van der Waals surface area (Å²) >= 11 is 0. The first kappa shape index (κ1) is 13.7. The Balaban J connectivity index is 2.10. The average molecular weight is 287 g/mol. The van der Waals surface area contributed by atoms with E-state index in [1.165, 1.54) is 0 Å². The number of hydrogen-bond donors (Lipinski definition) is 0. The van der Waals surface area contributed by atoms with Crippen LogP contribution in [0, 0.1) is 0 Å². The summed E-state index contributed by atoms with van der Waals surface area (Å²) in [6.45, 7) is 3.70. The summed E-state index contributed by atoms with van der Waals surface area (Å²) in [6, 6.07) is 1.75. The molecule has 0 saturated heterocycles. The largest absolute Gasteiger partial charge is 0.461 e. The minimum Gasteiger partial charge on any atom is -0.461 e. The molecule has 7 nitrogen and oxygen atoms in total. The van der Waals surface area contributed by atoms with Gasteiger partial charge in [0.15, 0.2) is 5.69 Å². The zero-order valence-corrected chi connectivity index (χ0v) is 12.1. The SMILES string of the molecule is CCOC(=O)c1nn(-c2ncccn2)c2c1CN(C)CC2. The fraction of sp³-hybridized carbons (Fsp3) is 0.429. The molecule has 21 heavy (non-hydrogen) atoms. The summed E-state index contributed by atoms with van der Waals surface area (Å²) in [5.41, 5.74) is 2.27. The van der Waals surface area contributed by atoms with E-state index in [0.717, 1.165) is 24.2 Å². The predicted molar refractivity (Wildman–Crippen MR) is 75.1 cm³/mol. The third-order valence-electron chi connectivity index (χ3n) is 3.46. The fourth-order valence-electron chi connectivity index (χ4n) is 2.48. The number of carbonyl (C=O) groups is 1. The molecular weight excluding hydrogens is 270 g/mol. The van der Waals surface area contributed by atoms with Gasteiger partial charge in [0.25, 0.3) is 5.95 Å². The molecule has 7 heteroatoms. The van der Waals surface area contributed by atoms with Crippen LogP contribution in [0.4, 0.5) is 0 Å². The fourth-order valence-corrected chi connectivity index (χ4v) is 2.48. The average Bonchev–Trinajstić information content (AvgIpc) is 2.87. The van der Waals surface area contributed by atoms with Crippen molar-refractivity contribution in [1.82, 2.24) is 24.6 Å². The van der Waals surface area contributed by atoms with E-state index in [4.69, 9.17) is 4.74 Å². The number of esters is 1. The second-order valence-electron chi connectivity index (χ2n) is 4.94. The van der Waals surface area contributed by atoms with Crippen molar-refractivity contribution < 1.29 is 9.53 Å². The smallest absolute Gasteiger partial charge is 0.359 e. The number of rotatable bonds is 3. The highest BCUT2D eigenvalue weighted by Crippen LogP contribution is 2.24. The van der Waals surface area contributed by atoms with Gasteiger partial charge in [-0.2, -0.15) is 5.10 Å². The Kier molecular flexibility index (Phi) is 3.66. The van der Waals surface area contributed by atoms with Crippen LogP contribution in [0.25, 0.3) is 5.95 Å². The molecule has 0 aromatic carbocycles. The van der Waals surface area contributed by atoms with Crippen LogP contribution in [0.5, 0.6) is 0 Å². The molecule has 0 radical (unpaired) electrons. The van der Waals surface area contributed by atoms with Crippen LogP contribution in [0.3, 0.4) is 0 Å². The number of likely N-dealkylation sites (N-methyl/N-ethyl adjacent to an activating group) is 1. The maximum Gasteiger partial charge on any atom is 0.359 e. The van der Waals surface area contributed by atoms with Gasteiger partial charge in [-0.15, -0.1) is 0 Å². The maximum absolute atomic E-state index is 12.1. The Morgan fingerprint density at radius 2 is 2.14 bits per heavy atom. The lowest BCUT2D eigenvalue weighted by Crippen LogP contribution is -2.28. The summed E-state index contributed by atoms with van der Waals surface area (Å²) in [5.74, 6) is 0.0904. The number of ether oxygens (including phenoxy) is 1. The van der Waals surface area contributed by atoms with Gasteiger partial charge in [0.1, 0.15) is 0 Å². The molecule has 3 heterocycles. The molecule has 1 aliphatic heterocycles. The van der Waals surface area contributed by atoms with Crippen molar-refractivity contribution in [3.8, 4) is 5.95 Å². The molecule has 0 fully saturated rings. The molecule has 2 aromatic rings. The van der Waals surface area contributed by atoms with Gasteiger partial charge in [-0.05, 0) is 20.0 Å². The zero-order chi connectivity index (χ0) is 14.8. The second kappa shape index (κ2) is 5.61. The summed E-state index contributed by atoms with van der Waals surface area (Å²) in [4.78, 5) is 22.7. The summed E-state index contributed by atoms with van der Waals surface area (Å²) < 4.78 is 6.77. The molecular formula is C14H17N5O2. The van der Waals surface area contributed by atoms with Gasteiger partial charge < -0.3 is 9.64 Å². The summed E-state index contributed by atoms with van der Waals surface area (Å²) in [6.07, 6.45) is 4.13. The maximum atomic E-state index is 12.1. The molecule has 1 aliphatic rings. The van der Waals surface area contributed by atoms with Crippen molar-refractivity contribution in [2.24, 2.45) is 0 Å². The molecule has 0 amide bonds. The molecule has 2 aromatic heterocycles. The summed E-state index contributed by atoms with van der Waals surface area (Å²) in [5, 5.41) is 4.41. The molecule has 0 aliphatic carbocycles. The highest BCUT2D eigenvalue weighted by Gasteiger charge is 2.28.